The molecule has 0 heterocycles. The first-order valence-corrected chi connectivity index (χ1v) is 6.87. The van der Waals surface area contributed by atoms with Crippen LogP contribution in [0.2, 0.25) is 0 Å². The summed E-state index contributed by atoms with van der Waals surface area (Å²) in [7, 11) is 0. The van der Waals surface area contributed by atoms with E-state index in [1.54, 1.807) is 0 Å². The third kappa shape index (κ3) is 5.26. The minimum atomic E-state index is 0.682. The molecule has 0 saturated heterocycles. The van der Waals surface area contributed by atoms with E-state index in [4.69, 9.17) is 0 Å². The van der Waals surface area contributed by atoms with Gasteiger partial charge in [-0.05, 0) is 25.7 Å². The normalized spacial score (nSPS) is 17.5. The zero-order valence-electron chi connectivity index (χ0n) is 10.5. The lowest BCUT2D eigenvalue weighted by Gasteiger charge is -2.16. The fourth-order valence-corrected chi connectivity index (χ4v) is 2.47. The molecule has 1 saturated carbocycles. The minimum absolute atomic E-state index is 0.682. The van der Waals surface area contributed by atoms with Crippen LogP contribution in [0.3, 0.4) is 0 Å². The first-order valence-electron chi connectivity index (χ1n) is 6.87. The highest BCUT2D eigenvalue weighted by Gasteiger charge is 2.10. The van der Waals surface area contributed by atoms with E-state index in [9.17, 15) is 0 Å². The molecule has 0 unspecified atom stereocenters. The summed E-state index contributed by atoms with van der Waals surface area (Å²) in [5.74, 6) is 8.50. The Morgan fingerprint density at radius 2 is 1.60 bits per heavy atom. The van der Waals surface area contributed by atoms with Crippen LogP contribution in [0.5, 0.6) is 0 Å². The molecule has 0 aromatic carbocycles. The molecule has 0 radical (unpaired) electrons. The Morgan fingerprint density at radius 3 is 2.13 bits per heavy atom. The van der Waals surface area contributed by atoms with Crippen molar-refractivity contribution < 1.29 is 0 Å². The molecule has 1 aliphatic carbocycles. The van der Waals surface area contributed by atoms with E-state index in [1.807, 2.05) is 0 Å². The quantitative estimate of drug-likeness (QED) is 0.580. The summed E-state index contributed by atoms with van der Waals surface area (Å²) in [6.07, 6.45) is 12.1. The lowest BCUT2D eigenvalue weighted by molar-refractivity contribution is 0.429. The van der Waals surface area contributed by atoms with Gasteiger partial charge < -0.3 is 0 Å². The monoisotopic (exact) mass is 206 g/mol. The van der Waals surface area contributed by atoms with Crippen molar-refractivity contribution >= 4 is 0 Å². The average Bonchev–Trinajstić information content (AvgIpc) is 2.28. The Kier molecular flexibility index (Phi) is 6.57. The zero-order chi connectivity index (χ0) is 10.9. The van der Waals surface area contributed by atoms with Gasteiger partial charge in [0.2, 0.25) is 0 Å². The molecule has 0 aromatic heterocycles. The van der Waals surface area contributed by atoms with Crippen molar-refractivity contribution in [2.45, 2.75) is 71.6 Å². The Morgan fingerprint density at radius 1 is 1.00 bits per heavy atom. The first-order chi connectivity index (χ1) is 7.36. The lowest BCUT2D eigenvalue weighted by Crippen LogP contribution is -2.04. The second-order valence-corrected chi connectivity index (χ2v) is 4.90. The number of hydrogen-bond donors (Lipinski definition) is 0. The average molecular weight is 206 g/mol. The number of hydrogen-bond acceptors (Lipinski definition) is 0. The van der Waals surface area contributed by atoms with Gasteiger partial charge in [-0.2, -0.15) is 0 Å². The van der Waals surface area contributed by atoms with Gasteiger partial charge >= 0.3 is 0 Å². The van der Waals surface area contributed by atoms with Crippen LogP contribution in [0.25, 0.3) is 0 Å². The molecule has 0 bridgehead atoms. The first kappa shape index (κ1) is 12.6. The molecule has 1 aliphatic rings. The largest absolute Gasteiger partial charge is 0.0996 e. The minimum Gasteiger partial charge on any atom is -0.0996 e. The summed E-state index contributed by atoms with van der Waals surface area (Å²) in [5, 5.41) is 0. The molecule has 0 aromatic rings. The van der Waals surface area contributed by atoms with Crippen LogP contribution in [0.15, 0.2) is 0 Å². The van der Waals surface area contributed by atoms with E-state index in [2.05, 4.69) is 25.7 Å². The maximum Gasteiger partial charge on any atom is 0.0203 e. The molecule has 15 heavy (non-hydrogen) atoms. The van der Waals surface area contributed by atoms with Crippen molar-refractivity contribution in [1.29, 1.82) is 0 Å². The summed E-state index contributed by atoms with van der Waals surface area (Å²) in [5.41, 5.74) is 0. The lowest BCUT2D eigenvalue weighted by atomic mass is 9.89. The smallest absolute Gasteiger partial charge is 0.0203 e. The van der Waals surface area contributed by atoms with Crippen molar-refractivity contribution in [2.24, 2.45) is 11.8 Å². The second kappa shape index (κ2) is 7.80. The van der Waals surface area contributed by atoms with Crippen LogP contribution in [-0.2, 0) is 0 Å². The van der Waals surface area contributed by atoms with Crippen molar-refractivity contribution in [3.05, 3.63) is 0 Å². The van der Waals surface area contributed by atoms with E-state index < -0.39 is 0 Å². The molecule has 0 amide bonds. The maximum absolute atomic E-state index is 3.54. The van der Waals surface area contributed by atoms with Crippen molar-refractivity contribution in [2.75, 3.05) is 0 Å². The summed E-state index contributed by atoms with van der Waals surface area (Å²) in [6.45, 7) is 4.54. The van der Waals surface area contributed by atoms with E-state index in [0.29, 0.717) is 5.92 Å². The molecule has 0 aliphatic heterocycles. The van der Waals surface area contributed by atoms with E-state index in [0.717, 1.165) is 5.92 Å². The molecule has 0 spiro atoms. The van der Waals surface area contributed by atoms with Gasteiger partial charge in [-0.15, -0.1) is 0 Å². The molecular weight excluding hydrogens is 180 g/mol. The molecule has 1 rings (SSSR count). The van der Waals surface area contributed by atoms with Gasteiger partial charge in [-0.1, -0.05) is 57.8 Å². The van der Waals surface area contributed by atoms with Crippen LogP contribution >= 0.6 is 0 Å². The fraction of sp³-hybridized carbons (Fsp3) is 0.867. The van der Waals surface area contributed by atoms with Crippen molar-refractivity contribution in [3.8, 4) is 11.8 Å². The Balaban J connectivity index is 2.36. The predicted octanol–water partition coefficient (Wildman–Crippen LogP) is 4.79. The van der Waals surface area contributed by atoms with Gasteiger partial charge in [0.25, 0.3) is 0 Å². The summed E-state index contributed by atoms with van der Waals surface area (Å²) < 4.78 is 0. The Hall–Kier alpha value is -0.440. The van der Waals surface area contributed by atoms with E-state index >= 15 is 0 Å². The fourth-order valence-electron chi connectivity index (χ4n) is 2.47. The van der Waals surface area contributed by atoms with E-state index in [-0.39, 0.29) is 0 Å². The van der Waals surface area contributed by atoms with Crippen LogP contribution in [0.4, 0.5) is 0 Å². The maximum atomic E-state index is 3.54. The topological polar surface area (TPSA) is 0 Å². The predicted molar refractivity (Wildman–Crippen MR) is 67.7 cm³/mol. The third-order valence-corrected chi connectivity index (χ3v) is 3.37. The molecule has 0 atom stereocenters. The summed E-state index contributed by atoms with van der Waals surface area (Å²) in [6, 6.07) is 0. The van der Waals surface area contributed by atoms with Gasteiger partial charge in [-0.25, -0.2) is 0 Å². The molecule has 0 nitrogen and oxygen atoms in total. The van der Waals surface area contributed by atoms with Gasteiger partial charge in [0, 0.05) is 11.8 Å². The van der Waals surface area contributed by atoms with Crippen molar-refractivity contribution in [1.82, 2.24) is 0 Å². The second-order valence-electron chi connectivity index (χ2n) is 4.90. The van der Waals surface area contributed by atoms with Gasteiger partial charge in [0.05, 0.1) is 0 Å². The standard InChI is InChI=1S/C15H26/c1-3-8-14(9-4-2)12-13-15-10-6-5-7-11-15/h14-15H,3-11H2,1-2H3. The van der Waals surface area contributed by atoms with Crippen LogP contribution in [0, 0.1) is 23.7 Å². The SMILES string of the molecule is CCCC(C#CC1CCCCC1)CCC. The highest BCUT2D eigenvalue weighted by Crippen LogP contribution is 2.23. The van der Waals surface area contributed by atoms with Crippen LogP contribution in [-0.4, -0.2) is 0 Å². The molecule has 86 valence electrons. The van der Waals surface area contributed by atoms with Crippen molar-refractivity contribution in [3.63, 3.8) is 0 Å². The third-order valence-electron chi connectivity index (χ3n) is 3.37. The Bertz CT molecular complexity index is 194. The van der Waals surface area contributed by atoms with Crippen LogP contribution in [0.1, 0.15) is 71.6 Å². The van der Waals surface area contributed by atoms with E-state index in [1.165, 1.54) is 57.8 Å². The molecule has 1 fully saturated rings. The highest BCUT2D eigenvalue weighted by molar-refractivity contribution is 5.07. The molecule has 0 N–H and O–H groups in total. The summed E-state index contributed by atoms with van der Waals surface area (Å²) >= 11 is 0. The molecule has 0 heteroatoms. The molecular formula is C15H26. The Labute approximate surface area is 95.8 Å². The van der Waals surface area contributed by atoms with Gasteiger partial charge in [-0.3, -0.25) is 0 Å². The van der Waals surface area contributed by atoms with Gasteiger partial charge in [0.15, 0.2) is 0 Å². The number of rotatable bonds is 4. The van der Waals surface area contributed by atoms with Crippen LogP contribution < -0.4 is 0 Å². The van der Waals surface area contributed by atoms with Gasteiger partial charge in [0.1, 0.15) is 0 Å². The highest BCUT2D eigenvalue weighted by atomic mass is 14.1. The zero-order valence-corrected chi connectivity index (χ0v) is 10.5. The summed E-state index contributed by atoms with van der Waals surface area (Å²) in [4.78, 5) is 0.